The van der Waals surface area contributed by atoms with Crippen LogP contribution in [0.2, 0.25) is 0 Å². The lowest BCUT2D eigenvalue weighted by molar-refractivity contribution is -0.120. The number of amides is 1. The molecule has 0 aliphatic rings. The Morgan fingerprint density at radius 3 is 2.14 bits per heavy atom. The molecule has 9 heteroatoms. The van der Waals surface area contributed by atoms with Gasteiger partial charge in [0.25, 0.3) is 0 Å². The molecule has 208 valence electrons. The molecule has 1 amide bonds. The summed E-state index contributed by atoms with van der Waals surface area (Å²) in [5.41, 5.74) is 1.20. The second-order valence-electron chi connectivity index (χ2n) is 10.0. The molecule has 0 saturated heterocycles. The zero-order valence-electron chi connectivity index (χ0n) is 23.9. The van der Waals surface area contributed by atoms with Gasteiger partial charge in [0.1, 0.15) is 11.6 Å². The number of hydrogen-bond acceptors (Lipinski definition) is 7. The van der Waals surface area contributed by atoms with E-state index in [1.165, 1.54) is 6.92 Å². The average molecular weight is 519 g/mol. The lowest BCUT2D eigenvalue weighted by Gasteiger charge is -2.32. The van der Waals surface area contributed by atoms with Crippen molar-refractivity contribution in [2.24, 2.45) is 7.05 Å². The molecule has 1 atom stereocenters. The number of aromatic nitrogens is 2. The summed E-state index contributed by atoms with van der Waals surface area (Å²) in [7, 11) is 1.96. The Labute approximate surface area is 222 Å². The monoisotopic (exact) mass is 518 g/mol. The highest BCUT2D eigenvalue weighted by atomic mass is 16.6. The summed E-state index contributed by atoms with van der Waals surface area (Å²) in [4.78, 5) is 28.0. The van der Waals surface area contributed by atoms with Gasteiger partial charge in [0.15, 0.2) is 5.78 Å². The number of nitrogens with zero attached hydrogens (tertiary/aromatic N) is 2. The number of imidazole rings is 1. The maximum Gasteiger partial charge on any atom is 0.408 e. The van der Waals surface area contributed by atoms with Gasteiger partial charge in [-0.3, -0.25) is 4.79 Å². The first kappa shape index (κ1) is 33.8. The minimum atomic E-state index is -0.810. The number of aliphatic hydroxyl groups is 1. The SMILES string of the molecule is C=C(NC(COCc1ccccc1)C(C)=O)C(C)(C)NC(=O)OC(C)(C)C.CCO.Cc1cn(C)cn1. The largest absolute Gasteiger partial charge is 0.444 e. The normalized spacial score (nSPS) is 11.6. The Hall–Kier alpha value is -3.17. The topological polar surface area (TPSA) is 115 Å². The minimum absolute atomic E-state index is 0.0720. The number of ketones is 1. The molecule has 37 heavy (non-hydrogen) atoms. The summed E-state index contributed by atoms with van der Waals surface area (Å²) in [5, 5.41) is 13.4. The van der Waals surface area contributed by atoms with Crippen molar-refractivity contribution in [3.05, 3.63) is 66.4 Å². The number of alkyl carbamates (subject to hydrolysis) is 1. The van der Waals surface area contributed by atoms with Gasteiger partial charge in [-0.1, -0.05) is 36.9 Å². The van der Waals surface area contributed by atoms with Crippen molar-refractivity contribution in [3.63, 3.8) is 0 Å². The number of carbonyl (C=O) groups excluding carboxylic acids is 2. The molecule has 1 unspecified atom stereocenters. The molecule has 2 rings (SSSR count). The molecule has 0 saturated carbocycles. The molecule has 0 aliphatic carbocycles. The van der Waals surface area contributed by atoms with E-state index in [4.69, 9.17) is 14.6 Å². The highest BCUT2D eigenvalue weighted by molar-refractivity contribution is 5.82. The molecule has 1 aromatic heterocycles. The Balaban J connectivity index is 0.00000108. The number of benzene rings is 1. The first-order valence-electron chi connectivity index (χ1n) is 12.3. The van der Waals surface area contributed by atoms with Crippen LogP contribution in [0.5, 0.6) is 0 Å². The van der Waals surface area contributed by atoms with E-state index in [-0.39, 0.29) is 19.0 Å². The van der Waals surface area contributed by atoms with E-state index in [9.17, 15) is 9.59 Å². The van der Waals surface area contributed by atoms with Crippen LogP contribution in [0.3, 0.4) is 0 Å². The summed E-state index contributed by atoms with van der Waals surface area (Å²) in [5.74, 6) is -0.0720. The number of carbonyl (C=O) groups is 2. The fourth-order valence-electron chi connectivity index (χ4n) is 2.70. The molecule has 0 radical (unpaired) electrons. The van der Waals surface area contributed by atoms with Gasteiger partial charge in [0.05, 0.1) is 30.8 Å². The van der Waals surface area contributed by atoms with Crippen LogP contribution < -0.4 is 10.6 Å². The van der Waals surface area contributed by atoms with Gasteiger partial charge < -0.3 is 29.8 Å². The molecule has 0 bridgehead atoms. The molecule has 1 aromatic carbocycles. The van der Waals surface area contributed by atoms with Gasteiger partial charge in [0.2, 0.25) is 0 Å². The summed E-state index contributed by atoms with van der Waals surface area (Å²) < 4.78 is 12.9. The van der Waals surface area contributed by atoms with Crippen molar-refractivity contribution in [1.82, 2.24) is 20.2 Å². The van der Waals surface area contributed by atoms with E-state index in [0.717, 1.165) is 11.3 Å². The molecular weight excluding hydrogens is 472 g/mol. The van der Waals surface area contributed by atoms with Crippen LogP contribution in [0, 0.1) is 6.92 Å². The zero-order chi connectivity index (χ0) is 28.6. The number of Topliss-reactive ketones (excluding diaryl/α,β-unsaturated/α-hetero) is 1. The molecule has 0 aliphatic heterocycles. The second kappa shape index (κ2) is 16.6. The third kappa shape index (κ3) is 16.2. The molecule has 0 spiro atoms. The summed E-state index contributed by atoms with van der Waals surface area (Å²) in [6.45, 7) is 18.9. The van der Waals surface area contributed by atoms with Crippen LogP contribution in [0.25, 0.3) is 0 Å². The molecule has 1 heterocycles. The van der Waals surface area contributed by atoms with Crippen molar-refractivity contribution in [2.45, 2.75) is 79.2 Å². The van der Waals surface area contributed by atoms with Crippen molar-refractivity contribution in [2.75, 3.05) is 13.2 Å². The van der Waals surface area contributed by atoms with Crippen LogP contribution >= 0.6 is 0 Å². The number of aryl methyl sites for hydroxylation is 2. The predicted molar refractivity (Wildman–Crippen MR) is 147 cm³/mol. The van der Waals surface area contributed by atoms with E-state index < -0.39 is 23.3 Å². The van der Waals surface area contributed by atoms with Gasteiger partial charge in [-0.25, -0.2) is 9.78 Å². The van der Waals surface area contributed by atoms with Crippen molar-refractivity contribution < 1.29 is 24.2 Å². The maximum atomic E-state index is 12.0. The Morgan fingerprint density at radius 2 is 1.73 bits per heavy atom. The third-order valence-corrected chi connectivity index (χ3v) is 4.64. The Kier molecular flexibility index (Phi) is 15.1. The first-order valence-corrected chi connectivity index (χ1v) is 12.3. The van der Waals surface area contributed by atoms with Gasteiger partial charge in [-0.05, 0) is 61.0 Å². The molecule has 9 nitrogen and oxygen atoms in total. The van der Waals surface area contributed by atoms with Crippen LogP contribution in [0.15, 0.2) is 55.1 Å². The standard InChI is InChI=1S/C21H32N2O4.C5H8N2.C2H6O/c1-15(24)18(14-26-13-17-11-9-8-10-12-17)22-16(2)21(6,7)23-19(25)27-20(3,4)5;1-5-3-7(2)4-6-5;1-2-3/h8-12,18,22H,2,13-14H2,1,3-7H3,(H,23,25);3-4H,1-2H3;3H,2H2,1H3. The number of aliphatic hydroxyl groups excluding tert-OH is 1. The van der Waals surface area contributed by atoms with Crippen molar-refractivity contribution in [3.8, 4) is 0 Å². The van der Waals surface area contributed by atoms with Gasteiger partial charge in [-0.15, -0.1) is 0 Å². The van der Waals surface area contributed by atoms with Crippen LogP contribution in [-0.2, 0) is 27.9 Å². The number of hydrogen-bond donors (Lipinski definition) is 3. The summed E-state index contributed by atoms with van der Waals surface area (Å²) >= 11 is 0. The van der Waals surface area contributed by atoms with E-state index in [1.807, 2.05) is 55.1 Å². The van der Waals surface area contributed by atoms with E-state index in [0.29, 0.717) is 12.3 Å². The number of nitrogens with one attached hydrogen (secondary N) is 2. The van der Waals surface area contributed by atoms with Crippen LogP contribution in [0.4, 0.5) is 4.79 Å². The fourth-order valence-corrected chi connectivity index (χ4v) is 2.70. The molecule has 2 aromatic rings. The minimum Gasteiger partial charge on any atom is -0.444 e. The van der Waals surface area contributed by atoms with Crippen LogP contribution in [0.1, 0.15) is 59.7 Å². The Bertz CT molecular complexity index is 932. The zero-order valence-corrected chi connectivity index (χ0v) is 23.9. The average Bonchev–Trinajstić information content (AvgIpc) is 3.15. The lowest BCUT2D eigenvalue weighted by Crippen LogP contribution is -2.52. The summed E-state index contributed by atoms with van der Waals surface area (Å²) in [6.07, 6.45) is 3.21. The summed E-state index contributed by atoms with van der Waals surface area (Å²) in [6, 6.07) is 9.18. The third-order valence-electron chi connectivity index (χ3n) is 4.64. The first-order chi connectivity index (χ1) is 17.1. The number of ether oxygens (including phenoxy) is 2. The fraction of sp³-hybridized carbons (Fsp3) is 0.536. The lowest BCUT2D eigenvalue weighted by atomic mass is 10.0. The van der Waals surface area contributed by atoms with Gasteiger partial charge >= 0.3 is 6.09 Å². The smallest absolute Gasteiger partial charge is 0.408 e. The van der Waals surface area contributed by atoms with Crippen molar-refractivity contribution >= 4 is 11.9 Å². The quantitative estimate of drug-likeness (QED) is 0.453. The van der Waals surface area contributed by atoms with E-state index >= 15 is 0 Å². The van der Waals surface area contributed by atoms with Crippen LogP contribution in [-0.4, -0.2) is 56.9 Å². The Morgan fingerprint density at radius 1 is 1.16 bits per heavy atom. The van der Waals surface area contributed by atoms with E-state index in [2.05, 4.69) is 22.2 Å². The maximum absolute atomic E-state index is 12.0. The molecule has 3 N–H and O–H groups in total. The van der Waals surface area contributed by atoms with Crippen molar-refractivity contribution in [1.29, 1.82) is 0 Å². The van der Waals surface area contributed by atoms with Gasteiger partial charge in [-0.2, -0.15) is 0 Å². The molecule has 0 fully saturated rings. The highest BCUT2D eigenvalue weighted by Gasteiger charge is 2.29. The second-order valence-corrected chi connectivity index (χ2v) is 10.0. The van der Waals surface area contributed by atoms with Gasteiger partial charge in [0, 0.05) is 25.5 Å². The highest BCUT2D eigenvalue weighted by Crippen LogP contribution is 2.15. The number of rotatable bonds is 9. The van der Waals surface area contributed by atoms with E-state index in [1.54, 1.807) is 47.9 Å². The molecular formula is C28H46N4O5. The predicted octanol–water partition coefficient (Wildman–Crippen LogP) is 4.29.